The molecule has 4 aromatic rings. The molecule has 4 N–H and O–H groups in total. The number of Topliss-reactive ketones (excluding diaryl/α,β-unsaturated/α-hetero) is 1. The van der Waals surface area contributed by atoms with E-state index < -0.39 is 23.8 Å². The molecule has 0 aliphatic rings. The summed E-state index contributed by atoms with van der Waals surface area (Å²) in [5.74, 6) is -2.49. The van der Waals surface area contributed by atoms with Gasteiger partial charge in [-0.15, -0.1) is 0 Å². The molecule has 1 amide bonds. The molecule has 0 aromatic heterocycles. The van der Waals surface area contributed by atoms with Crippen LogP contribution in [0, 0.1) is 13.8 Å². The van der Waals surface area contributed by atoms with Crippen molar-refractivity contribution in [3.8, 4) is 23.0 Å². The van der Waals surface area contributed by atoms with Crippen molar-refractivity contribution < 1.29 is 37.7 Å². The van der Waals surface area contributed by atoms with Gasteiger partial charge >= 0.3 is 6.18 Å². The SMILES string of the molecule is CNc1cc(C(c2cc(NC(=O)c3ccc(Oc4ccc(C(C)=O)cc4)cc3)c(O)cc2C)C(F)(F)F)c(C)cc1O. The number of phenols is 2. The average molecular weight is 579 g/mol. The van der Waals surface area contributed by atoms with Crippen LogP contribution in [0.25, 0.3) is 0 Å². The number of benzene rings is 4. The van der Waals surface area contributed by atoms with E-state index in [1.807, 2.05) is 0 Å². The summed E-state index contributed by atoms with van der Waals surface area (Å²) in [7, 11) is 1.49. The number of hydrogen-bond acceptors (Lipinski definition) is 6. The molecule has 0 spiro atoms. The monoisotopic (exact) mass is 578 g/mol. The number of aromatic hydroxyl groups is 2. The van der Waals surface area contributed by atoms with E-state index in [0.717, 1.165) is 6.07 Å². The zero-order valence-corrected chi connectivity index (χ0v) is 23.3. The van der Waals surface area contributed by atoms with Crippen molar-refractivity contribution in [1.82, 2.24) is 0 Å². The van der Waals surface area contributed by atoms with Crippen LogP contribution in [0.5, 0.6) is 23.0 Å². The van der Waals surface area contributed by atoms with Crippen LogP contribution in [-0.2, 0) is 0 Å². The van der Waals surface area contributed by atoms with Gasteiger partial charge in [-0.3, -0.25) is 9.59 Å². The molecule has 0 bridgehead atoms. The Hall–Kier alpha value is -4.99. The standard InChI is InChI=1S/C32H29F3N2O5/c1-17-13-28(39)26(36-4)15-24(17)30(32(33,34)35)25-16-27(29(40)14-18(25)2)37-31(41)21-7-11-23(12-8-21)42-22-9-5-20(6-10-22)19(3)38/h5-16,30,36,39-40H,1-4H3,(H,37,41). The lowest BCUT2D eigenvalue weighted by molar-refractivity contribution is -0.141. The quantitative estimate of drug-likeness (QED) is 0.126. The van der Waals surface area contributed by atoms with Crippen LogP contribution in [0.2, 0.25) is 0 Å². The van der Waals surface area contributed by atoms with E-state index in [1.165, 1.54) is 58.2 Å². The first-order valence-corrected chi connectivity index (χ1v) is 12.9. The fourth-order valence-corrected chi connectivity index (χ4v) is 4.62. The Morgan fingerprint density at radius 2 is 1.21 bits per heavy atom. The van der Waals surface area contributed by atoms with E-state index in [-0.39, 0.29) is 50.7 Å². The van der Waals surface area contributed by atoms with Crippen LogP contribution >= 0.6 is 0 Å². The topological polar surface area (TPSA) is 108 Å². The van der Waals surface area contributed by atoms with Crippen molar-refractivity contribution in [2.45, 2.75) is 32.9 Å². The van der Waals surface area contributed by atoms with Crippen molar-refractivity contribution in [3.05, 3.63) is 106 Å². The molecule has 1 atom stereocenters. The fraction of sp³-hybridized carbons (Fsp3) is 0.188. The summed E-state index contributed by atoms with van der Waals surface area (Å²) in [6.07, 6.45) is -4.72. The summed E-state index contributed by atoms with van der Waals surface area (Å²) < 4.78 is 49.3. The molecule has 0 fully saturated rings. The molecule has 7 nitrogen and oxygen atoms in total. The van der Waals surface area contributed by atoms with E-state index in [1.54, 1.807) is 36.4 Å². The summed E-state index contributed by atoms with van der Waals surface area (Å²) in [6, 6.07) is 17.4. The Morgan fingerprint density at radius 1 is 0.762 bits per heavy atom. The first kappa shape index (κ1) is 30.0. The van der Waals surface area contributed by atoms with Gasteiger partial charge in [0.2, 0.25) is 0 Å². The van der Waals surface area contributed by atoms with Gasteiger partial charge in [0, 0.05) is 18.2 Å². The van der Waals surface area contributed by atoms with Crippen LogP contribution in [0.1, 0.15) is 55.8 Å². The maximum absolute atomic E-state index is 14.5. The zero-order chi connectivity index (χ0) is 30.8. The maximum Gasteiger partial charge on any atom is 0.399 e. The number of amides is 1. The predicted octanol–water partition coefficient (Wildman–Crippen LogP) is 7.70. The second-order valence-electron chi connectivity index (χ2n) is 9.84. The Kier molecular flexibility index (Phi) is 8.46. The van der Waals surface area contributed by atoms with Crippen molar-refractivity contribution in [3.63, 3.8) is 0 Å². The number of ketones is 1. The molecule has 0 aliphatic carbocycles. The Balaban J connectivity index is 1.60. The minimum atomic E-state index is -4.72. The number of carbonyl (C=O) groups excluding carboxylic acids is 2. The first-order valence-electron chi connectivity index (χ1n) is 12.9. The van der Waals surface area contributed by atoms with Gasteiger partial charge in [0.05, 0.1) is 11.4 Å². The lowest BCUT2D eigenvalue weighted by atomic mass is 9.84. The zero-order valence-electron chi connectivity index (χ0n) is 23.3. The molecule has 0 heterocycles. The molecule has 0 saturated carbocycles. The lowest BCUT2D eigenvalue weighted by Crippen LogP contribution is -2.24. The molecule has 10 heteroatoms. The second kappa shape index (κ2) is 11.9. The van der Waals surface area contributed by atoms with Gasteiger partial charge in [0.1, 0.15) is 28.9 Å². The third-order valence-corrected chi connectivity index (χ3v) is 6.85. The van der Waals surface area contributed by atoms with Gasteiger partial charge in [-0.05, 0) is 116 Å². The normalized spacial score (nSPS) is 12.0. The van der Waals surface area contributed by atoms with Gasteiger partial charge in [0.15, 0.2) is 5.78 Å². The third-order valence-electron chi connectivity index (χ3n) is 6.85. The number of nitrogens with one attached hydrogen (secondary N) is 2. The summed E-state index contributed by atoms with van der Waals surface area (Å²) in [5, 5.41) is 25.8. The van der Waals surface area contributed by atoms with Crippen molar-refractivity contribution in [1.29, 1.82) is 0 Å². The second-order valence-corrected chi connectivity index (χ2v) is 9.84. The fourth-order valence-electron chi connectivity index (χ4n) is 4.62. The number of aryl methyl sites for hydroxylation is 2. The maximum atomic E-state index is 14.5. The number of anilines is 2. The van der Waals surface area contributed by atoms with Crippen LogP contribution in [0.3, 0.4) is 0 Å². The molecule has 42 heavy (non-hydrogen) atoms. The molecule has 0 saturated heterocycles. The Labute approximate surface area is 240 Å². The minimum Gasteiger partial charge on any atom is -0.506 e. The van der Waals surface area contributed by atoms with Gasteiger partial charge in [0.25, 0.3) is 5.91 Å². The van der Waals surface area contributed by atoms with E-state index >= 15 is 0 Å². The Morgan fingerprint density at radius 3 is 1.67 bits per heavy atom. The van der Waals surface area contributed by atoms with Gasteiger partial charge in [-0.1, -0.05) is 0 Å². The van der Waals surface area contributed by atoms with Gasteiger partial charge in [-0.25, -0.2) is 0 Å². The number of alkyl halides is 3. The van der Waals surface area contributed by atoms with Crippen LogP contribution in [0.15, 0.2) is 72.8 Å². The van der Waals surface area contributed by atoms with Gasteiger partial charge < -0.3 is 25.6 Å². The smallest absolute Gasteiger partial charge is 0.399 e. The molecular weight excluding hydrogens is 549 g/mol. The largest absolute Gasteiger partial charge is 0.506 e. The average Bonchev–Trinajstić information content (AvgIpc) is 2.92. The number of phenolic OH excluding ortho intramolecular Hbond substituents is 2. The number of hydrogen-bond donors (Lipinski definition) is 4. The molecule has 4 rings (SSSR count). The van der Waals surface area contributed by atoms with E-state index in [0.29, 0.717) is 17.1 Å². The number of ether oxygens (including phenoxy) is 1. The van der Waals surface area contributed by atoms with E-state index in [9.17, 15) is 33.0 Å². The highest BCUT2D eigenvalue weighted by Crippen LogP contribution is 2.46. The number of rotatable bonds is 8. The number of carbonyl (C=O) groups is 2. The van der Waals surface area contributed by atoms with Crippen molar-refractivity contribution in [2.75, 3.05) is 17.7 Å². The van der Waals surface area contributed by atoms with Crippen LogP contribution < -0.4 is 15.4 Å². The molecular formula is C32H29F3N2O5. The summed E-state index contributed by atoms with van der Waals surface area (Å²) in [6.45, 7) is 4.38. The van der Waals surface area contributed by atoms with E-state index in [4.69, 9.17) is 4.74 Å². The first-order chi connectivity index (χ1) is 19.8. The minimum absolute atomic E-state index is 0.0732. The highest BCUT2D eigenvalue weighted by Gasteiger charge is 2.44. The molecule has 0 radical (unpaired) electrons. The highest BCUT2D eigenvalue weighted by molar-refractivity contribution is 6.05. The number of halogens is 3. The third kappa shape index (κ3) is 6.49. The molecule has 218 valence electrons. The molecule has 1 unspecified atom stereocenters. The summed E-state index contributed by atoms with van der Waals surface area (Å²) in [4.78, 5) is 24.4. The lowest BCUT2D eigenvalue weighted by Gasteiger charge is -2.26. The van der Waals surface area contributed by atoms with Gasteiger partial charge in [-0.2, -0.15) is 13.2 Å². The van der Waals surface area contributed by atoms with E-state index in [2.05, 4.69) is 10.6 Å². The summed E-state index contributed by atoms with van der Waals surface area (Å²) in [5.41, 5.74) is 0.818. The van der Waals surface area contributed by atoms with Crippen LogP contribution in [0.4, 0.5) is 24.5 Å². The van der Waals surface area contributed by atoms with Crippen molar-refractivity contribution in [2.24, 2.45) is 0 Å². The predicted molar refractivity (Wildman–Crippen MR) is 154 cm³/mol. The van der Waals surface area contributed by atoms with Crippen molar-refractivity contribution >= 4 is 23.1 Å². The summed E-state index contributed by atoms with van der Waals surface area (Å²) >= 11 is 0. The van der Waals surface area contributed by atoms with Crippen LogP contribution in [-0.4, -0.2) is 35.1 Å². The molecule has 4 aromatic carbocycles. The molecule has 0 aliphatic heterocycles. The Bertz CT molecular complexity index is 1630. The highest BCUT2D eigenvalue weighted by atomic mass is 19.4.